The molecular formula is C26H48N2O7S. The number of aliphatic hydroxyl groups is 2. The van der Waals surface area contributed by atoms with Gasteiger partial charge in [0.15, 0.2) is 0 Å². The topological polar surface area (TPSA) is 140 Å². The molecule has 1 rings (SSSR count). The molecule has 0 heterocycles. The lowest BCUT2D eigenvalue weighted by molar-refractivity contribution is -0.490. The fraction of sp³-hybridized carbons (Fsp3) is 0.846. The first-order chi connectivity index (χ1) is 17.3. The fourth-order valence-corrected chi connectivity index (χ4v) is 5.31. The van der Waals surface area contributed by atoms with Crippen LogP contribution < -0.4 is 5.32 Å². The number of Topliss-reactive ketones (excluding diaryl/α,β-unsaturated/α-hetero) is 1. The summed E-state index contributed by atoms with van der Waals surface area (Å²) in [6, 6.07) is 0. The smallest absolute Gasteiger partial charge is 0.220 e. The van der Waals surface area contributed by atoms with Crippen LogP contribution in [0.5, 0.6) is 0 Å². The fourth-order valence-electron chi connectivity index (χ4n) is 4.67. The third-order valence-electron chi connectivity index (χ3n) is 6.69. The molecule has 0 bridgehead atoms. The molecular weight excluding hydrogens is 484 g/mol. The van der Waals surface area contributed by atoms with Gasteiger partial charge in [-0.05, 0) is 50.4 Å². The summed E-state index contributed by atoms with van der Waals surface area (Å²) in [6.45, 7) is 2.90. The molecule has 0 aliphatic heterocycles. The van der Waals surface area contributed by atoms with E-state index in [1.54, 1.807) is 0 Å². The first kappa shape index (κ1) is 33.0. The normalized spacial score (nSPS) is 22.1. The van der Waals surface area contributed by atoms with Gasteiger partial charge in [0.05, 0.1) is 24.2 Å². The molecule has 1 aliphatic carbocycles. The van der Waals surface area contributed by atoms with Crippen LogP contribution in [-0.2, 0) is 14.4 Å². The van der Waals surface area contributed by atoms with Crippen LogP contribution in [0.25, 0.3) is 0 Å². The van der Waals surface area contributed by atoms with Crippen LogP contribution in [0.4, 0.5) is 0 Å². The van der Waals surface area contributed by atoms with Crippen LogP contribution in [0.3, 0.4) is 0 Å². The maximum absolute atomic E-state index is 12.2. The van der Waals surface area contributed by atoms with Crippen molar-refractivity contribution in [1.82, 2.24) is 10.7 Å². The van der Waals surface area contributed by atoms with E-state index >= 15 is 0 Å². The highest BCUT2D eigenvalue weighted by molar-refractivity contribution is 7.99. The minimum Gasteiger partial charge on any atom is -0.393 e. The number of nitrogens with one attached hydrogen (secondary N) is 1. The van der Waals surface area contributed by atoms with Crippen molar-refractivity contribution in [3.05, 3.63) is 12.2 Å². The van der Waals surface area contributed by atoms with Crippen molar-refractivity contribution in [2.24, 2.45) is 11.8 Å². The molecule has 4 atom stereocenters. The number of thioether (sulfide) groups is 1. The first-order valence-electron chi connectivity index (χ1n) is 13.5. The molecule has 0 aromatic carbocycles. The second kappa shape index (κ2) is 21.0. The summed E-state index contributed by atoms with van der Waals surface area (Å²) >= 11 is 1.54. The monoisotopic (exact) mass is 532 g/mol. The third-order valence-corrected chi connectivity index (χ3v) is 7.64. The lowest BCUT2D eigenvalue weighted by Gasteiger charge is -2.22. The van der Waals surface area contributed by atoms with Crippen molar-refractivity contribution in [3.8, 4) is 0 Å². The van der Waals surface area contributed by atoms with Crippen molar-refractivity contribution in [2.45, 2.75) is 103 Å². The molecule has 0 spiro atoms. The molecule has 0 aromatic heterocycles. The van der Waals surface area contributed by atoms with E-state index in [4.69, 9.17) is 10.4 Å². The SMILES string of the molecule is CCCCCCCC(=O)CC[C@@H]1[C@@H](C/C=C\CCCC(=O)NCCSCCON(O)O)[C@@H](O)C[C@H]1O. The van der Waals surface area contributed by atoms with Gasteiger partial charge in [-0.2, -0.15) is 11.8 Å². The molecule has 36 heavy (non-hydrogen) atoms. The summed E-state index contributed by atoms with van der Waals surface area (Å²) in [5.41, 5.74) is 0. The van der Waals surface area contributed by atoms with Gasteiger partial charge in [-0.15, -0.1) is 0 Å². The van der Waals surface area contributed by atoms with Gasteiger partial charge in [0, 0.05) is 37.3 Å². The van der Waals surface area contributed by atoms with E-state index in [1.165, 1.54) is 31.0 Å². The molecule has 0 radical (unpaired) electrons. The van der Waals surface area contributed by atoms with Crippen molar-refractivity contribution in [2.75, 3.05) is 24.7 Å². The number of rotatable bonds is 22. The summed E-state index contributed by atoms with van der Waals surface area (Å²) in [7, 11) is 0. The van der Waals surface area contributed by atoms with Gasteiger partial charge in [0.25, 0.3) is 0 Å². The molecule has 210 valence electrons. The van der Waals surface area contributed by atoms with E-state index in [1.807, 2.05) is 12.2 Å². The van der Waals surface area contributed by atoms with E-state index in [9.17, 15) is 19.8 Å². The molecule has 10 heteroatoms. The van der Waals surface area contributed by atoms with Crippen LogP contribution in [0.1, 0.15) is 90.4 Å². The van der Waals surface area contributed by atoms with Crippen molar-refractivity contribution >= 4 is 23.5 Å². The summed E-state index contributed by atoms with van der Waals surface area (Å²) in [6.07, 6.45) is 13.3. The van der Waals surface area contributed by atoms with E-state index in [0.717, 1.165) is 25.7 Å². The maximum Gasteiger partial charge on any atom is 0.220 e. The highest BCUT2D eigenvalue weighted by Crippen LogP contribution is 2.38. The van der Waals surface area contributed by atoms with E-state index in [0.29, 0.717) is 56.6 Å². The van der Waals surface area contributed by atoms with Gasteiger partial charge in [0.1, 0.15) is 5.78 Å². The molecule has 1 saturated carbocycles. The third kappa shape index (κ3) is 16.0. The van der Waals surface area contributed by atoms with Crippen LogP contribution in [-0.4, -0.2) is 74.6 Å². The maximum atomic E-state index is 12.2. The average molecular weight is 533 g/mol. The Balaban J connectivity index is 2.17. The van der Waals surface area contributed by atoms with Crippen molar-refractivity contribution < 1.29 is 35.1 Å². The molecule has 0 saturated heterocycles. The Morgan fingerprint density at radius 2 is 1.72 bits per heavy atom. The number of ketones is 1. The van der Waals surface area contributed by atoms with Gasteiger partial charge in [0.2, 0.25) is 5.91 Å². The molecule has 1 aliphatic rings. The Labute approximate surface area is 220 Å². The van der Waals surface area contributed by atoms with Gasteiger partial charge < -0.3 is 15.5 Å². The lowest BCUT2D eigenvalue weighted by Crippen LogP contribution is -2.25. The second-order valence-electron chi connectivity index (χ2n) is 9.59. The zero-order chi connectivity index (χ0) is 26.6. The molecule has 0 unspecified atom stereocenters. The molecule has 9 nitrogen and oxygen atoms in total. The second-order valence-corrected chi connectivity index (χ2v) is 10.8. The van der Waals surface area contributed by atoms with Gasteiger partial charge in [-0.25, -0.2) is 4.84 Å². The summed E-state index contributed by atoms with van der Waals surface area (Å²) in [4.78, 5) is 28.6. The number of nitrogens with zero attached hydrogens (tertiary/aromatic N) is 1. The van der Waals surface area contributed by atoms with Gasteiger partial charge >= 0.3 is 0 Å². The zero-order valence-electron chi connectivity index (χ0n) is 21.9. The van der Waals surface area contributed by atoms with Crippen LogP contribution in [0.2, 0.25) is 0 Å². The van der Waals surface area contributed by atoms with Gasteiger partial charge in [-0.1, -0.05) is 44.8 Å². The number of carbonyl (C=O) groups excluding carboxylic acids is 2. The Hall–Kier alpha value is -1.01. The number of amides is 1. The quantitative estimate of drug-likeness (QED) is 0.0794. The predicted octanol–water partition coefficient (Wildman–Crippen LogP) is 4.03. The van der Waals surface area contributed by atoms with E-state index < -0.39 is 12.2 Å². The molecule has 1 fully saturated rings. The van der Waals surface area contributed by atoms with Crippen LogP contribution in [0.15, 0.2) is 12.2 Å². The number of unbranched alkanes of at least 4 members (excludes halogenated alkanes) is 5. The molecule has 0 aromatic rings. The Morgan fingerprint density at radius 3 is 2.47 bits per heavy atom. The summed E-state index contributed by atoms with van der Waals surface area (Å²) in [5, 5.41) is 40.1. The number of carbonyl (C=O) groups is 2. The largest absolute Gasteiger partial charge is 0.393 e. The number of hydrogen-bond donors (Lipinski definition) is 5. The Bertz CT molecular complexity index is 621. The van der Waals surface area contributed by atoms with E-state index in [-0.39, 0.29) is 35.5 Å². The number of hydrogen-bond acceptors (Lipinski definition) is 9. The zero-order valence-corrected chi connectivity index (χ0v) is 22.7. The van der Waals surface area contributed by atoms with Crippen molar-refractivity contribution in [3.63, 3.8) is 0 Å². The Morgan fingerprint density at radius 1 is 0.972 bits per heavy atom. The predicted molar refractivity (Wildman–Crippen MR) is 141 cm³/mol. The molecule has 5 N–H and O–H groups in total. The minimum absolute atomic E-state index is 0.00146. The summed E-state index contributed by atoms with van der Waals surface area (Å²) in [5.74, 6) is 1.49. The average Bonchev–Trinajstić information content (AvgIpc) is 3.10. The first-order valence-corrected chi connectivity index (χ1v) is 14.7. The van der Waals surface area contributed by atoms with Gasteiger partial charge in [-0.3, -0.25) is 20.0 Å². The van der Waals surface area contributed by atoms with Crippen LogP contribution in [0, 0.1) is 11.8 Å². The number of allylic oxidation sites excluding steroid dienone is 2. The minimum atomic E-state index is -0.552. The highest BCUT2D eigenvalue weighted by atomic mass is 32.2. The standard InChI is InChI=1S/C26H48N2O7S/c1-2-3-4-5-8-11-21(29)14-15-23-22(24(30)20-25(23)31)12-9-6-7-10-13-26(32)27-16-18-36-19-17-35-28(33)34/h6,9,22-25,30-31,33-34H,2-5,7-8,10-20H2,1H3,(H,27,32)/b9-6-/t22-,23-,24+,25-/m1/s1. The lowest BCUT2D eigenvalue weighted by atomic mass is 9.86. The number of aliphatic hydroxyl groups excluding tert-OH is 2. The van der Waals surface area contributed by atoms with E-state index in [2.05, 4.69) is 17.1 Å². The highest BCUT2D eigenvalue weighted by Gasteiger charge is 2.40. The van der Waals surface area contributed by atoms with Crippen LogP contribution >= 0.6 is 11.8 Å². The summed E-state index contributed by atoms with van der Waals surface area (Å²) < 4.78 is 0. The van der Waals surface area contributed by atoms with Crippen molar-refractivity contribution in [1.29, 1.82) is 0 Å². The molecule has 1 amide bonds. The Kier molecular flexibility index (Phi) is 19.2.